The molecule has 1 saturated heterocycles. The second-order valence-corrected chi connectivity index (χ2v) is 3.76. The van der Waals surface area contributed by atoms with E-state index in [1.165, 1.54) is 7.11 Å². The first-order valence-electron chi connectivity index (χ1n) is 7.34. The molecule has 1 aliphatic rings. The minimum Gasteiger partial charge on any atom is -0.489 e. The lowest BCUT2D eigenvalue weighted by Gasteiger charge is -2.15. The van der Waals surface area contributed by atoms with E-state index in [1.807, 2.05) is 58.0 Å². The van der Waals surface area contributed by atoms with E-state index in [0.717, 1.165) is 12.2 Å². The van der Waals surface area contributed by atoms with Crippen LogP contribution in [0.1, 0.15) is 34.1 Å². The molecule has 1 unspecified atom stereocenters. The van der Waals surface area contributed by atoms with Crippen LogP contribution in [0.15, 0.2) is 30.3 Å². The van der Waals surface area contributed by atoms with E-state index in [0.29, 0.717) is 13.1 Å². The van der Waals surface area contributed by atoms with Crippen LogP contribution in [0.4, 0.5) is 4.79 Å². The van der Waals surface area contributed by atoms with E-state index in [-0.39, 0.29) is 12.2 Å². The first-order chi connectivity index (χ1) is 9.79. The molecule has 1 atom stereocenters. The van der Waals surface area contributed by atoms with Crippen LogP contribution >= 0.6 is 0 Å². The summed E-state index contributed by atoms with van der Waals surface area (Å²) < 4.78 is 10.4. The van der Waals surface area contributed by atoms with E-state index in [4.69, 9.17) is 4.74 Å². The Balaban J connectivity index is 0.000000829. The Kier molecular flexibility index (Phi) is 10.2. The molecule has 1 aromatic rings. The molecule has 0 saturated carbocycles. The molecule has 4 heteroatoms. The number of carbonyl (C=O) groups excluding carboxylic acids is 1. The fourth-order valence-corrected chi connectivity index (χ4v) is 1.81. The number of ether oxygens (including phenoxy) is 2. The minimum atomic E-state index is -0.279. The number of likely N-dealkylation sites (tertiary alicyclic amines) is 1. The van der Waals surface area contributed by atoms with E-state index >= 15 is 0 Å². The lowest BCUT2D eigenvalue weighted by atomic mass is 10.3. The first-order valence-corrected chi connectivity index (χ1v) is 7.34. The van der Waals surface area contributed by atoms with E-state index < -0.39 is 0 Å². The van der Waals surface area contributed by atoms with Crippen LogP contribution in [0.5, 0.6) is 5.75 Å². The van der Waals surface area contributed by atoms with Gasteiger partial charge in [-0.3, -0.25) is 0 Å². The summed E-state index contributed by atoms with van der Waals surface area (Å²) in [6.07, 6.45) is 0.643. The number of carbonyl (C=O) groups is 1. The van der Waals surface area contributed by atoms with Crippen LogP contribution in [0.3, 0.4) is 0 Å². The molecular weight excluding hydrogens is 254 g/mol. The van der Waals surface area contributed by atoms with E-state index in [9.17, 15) is 4.79 Å². The van der Waals surface area contributed by atoms with E-state index in [2.05, 4.69) is 4.74 Å². The number of hydrogen-bond donors (Lipinski definition) is 0. The van der Waals surface area contributed by atoms with Crippen LogP contribution in [-0.4, -0.2) is 37.3 Å². The molecule has 1 fully saturated rings. The zero-order valence-electron chi connectivity index (χ0n) is 13.3. The number of para-hydroxylation sites is 1. The van der Waals surface area contributed by atoms with Gasteiger partial charge in [0.1, 0.15) is 11.9 Å². The number of benzene rings is 1. The fourth-order valence-electron chi connectivity index (χ4n) is 1.81. The highest BCUT2D eigenvalue weighted by Gasteiger charge is 2.27. The molecule has 0 spiro atoms. The fraction of sp³-hybridized carbons (Fsp3) is 0.562. The van der Waals surface area contributed by atoms with Gasteiger partial charge in [0.05, 0.1) is 13.7 Å². The second kappa shape index (κ2) is 11.1. The average molecular weight is 281 g/mol. The molecule has 1 heterocycles. The maximum absolute atomic E-state index is 11.3. The average Bonchev–Trinajstić information content (AvgIpc) is 3.00. The minimum absolute atomic E-state index is 0.0708. The van der Waals surface area contributed by atoms with Crippen LogP contribution in [0.25, 0.3) is 0 Å². The molecule has 0 N–H and O–H groups in total. The number of amides is 1. The number of rotatable bonds is 2. The van der Waals surface area contributed by atoms with Crippen molar-refractivity contribution < 1.29 is 14.3 Å². The Morgan fingerprint density at radius 2 is 1.75 bits per heavy atom. The van der Waals surface area contributed by atoms with Crippen LogP contribution in [0.2, 0.25) is 0 Å². The van der Waals surface area contributed by atoms with Crippen molar-refractivity contribution in [2.75, 3.05) is 20.2 Å². The van der Waals surface area contributed by atoms with Crippen LogP contribution < -0.4 is 4.74 Å². The highest BCUT2D eigenvalue weighted by Crippen LogP contribution is 2.18. The molecule has 0 radical (unpaired) electrons. The van der Waals surface area contributed by atoms with Crippen LogP contribution in [0, 0.1) is 0 Å². The second-order valence-electron chi connectivity index (χ2n) is 3.76. The van der Waals surface area contributed by atoms with Crippen molar-refractivity contribution in [3.05, 3.63) is 30.3 Å². The monoisotopic (exact) mass is 281 g/mol. The third-order valence-corrected chi connectivity index (χ3v) is 2.62. The number of nitrogens with zero attached hydrogens (tertiary/aromatic N) is 1. The third-order valence-electron chi connectivity index (χ3n) is 2.62. The molecule has 1 aromatic carbocycles. The molecule has 4 nitrogen and oxygen atoms in total. The summed E-state index contributed by atoms with van der Waals surface area (Å²) in [6, 6.07) is 9.65. The van der Waals surface area contributed by atoms with Gasteiger partial charge in [0.2, 0.25) is 0 Å². The number of methoxy groups -OCH3 is 1. The summed E-state index contributed by atoms with van der Waals surface area (Å²) in [4.78, 5) is 12.9. The lowest BCUT2D eigenvalue weighted by molar-refractivity contribution is 0.125. The Labute approximate surface area is 122 Å². The Morgan fingerprint density at radius 1 is 1.15 bits per heavy atom. The van der Waals surface area contributed by atoms with Gasteiger partial charge in [-0.05, 0) is 12.1 Å². The Bertz CT molecular complexity index is 354. The summed E-state index contributed by atoms with van der Waals surface area (Å²) in [5, 5.41) is 0. The Hall–Kier alpha value is -1.71. The van der Waals surface area contributed by atoms with Crippen LogP contribution in [-0.2, 0) is 4.74 Å². The van der Waals surface area contributed by atoms with Gasteiger partial charge in [0.15, 0.2) is 0 Å². The predicted molar refractivity (Wildman–Crippen MR) is 82.1 cm³/mol. The smallest absolute Gasteiger partial charge is 0.409 e. The predicted octanol–water partition coefficient (Wildman–Crippen LogP) is 3.96. The summed E-state index contributed by atoms with van der Waals surface area (Å²) in [5.41, 5.74) is 0. The first kappa shape index (κ1) is 18.3. The summed E-state index contributed by atoms with van der Waals surface area (Å²) in [5.74, 6) is 0.846. The van der Waals surface area contributed by atoms with Crippen molar-refractivity contribution >= 4 is 6.09 Å². The molecular formula is C16H27NO3. The standard InChI is InChI=1S/C12H15NO3.2C2H6/c1-15-12(14)13-8-7-11(9-13)16-10-5-3-2-4-6-10;2*1-2/h2-6,11H,7-9H2,1H3;2*1-2H3. The van der Waals surface area contributed by atoms with Crippen molar-refractivity contribution in [3.63, 3.8) is 0 Å². The zero-order chi connectivity index (χ0) is 15.4. The van der Waals surface area contributed by atoms with Gasteiger partial charge in [0, 0.05) is 13.0 Å². The van der Waals surface area contributed by atoms with Crippen molar-refractivity contribution in [3.8, 4) is 5.75 Å². The van der Waals surface area contributed by atoms with Crippen molar-refractivity contribution in [2.24, 2.45) is 0 Å². The largest absolute Gasteiger partial charge is 0.489 e. The maximum Gasteiger partial charge on any atom is 0.409 e. The van der Waals surface area contributed by atoms with E-state index in [1.54, 1.807) is 4.90 Å². The summed E-state index contributed by atoms with van der Waals surface area (Å²) in [6.45, 7) is 9.30. The topological polar surface area (TPSA) is 38.8 Å². The van der Waals surface area contributed by atoms with Gasteiger partial charge >= 0.3 is 6.09 Å². The van der Waals surface area contributed by atoms with Gasteiger partial charge < -0.3 is 14.4 Å². The molecule has 1 aliphatic heterocycles. The molecule has 2 rings (SSSR count). The highest BCUT2D eigenvalue weighted by molar-refractivity contribution is 5.67. The van der Waals surface area contributed by atoms with Gasteiger partial charge in [0.25, 0.3) is 0 Å². The quantitative estimate of drug-likeness (QED) is 0.823. The lowest BCUT2D eigenvalue weighted by Crippen LogP contribution is -2.30. The molecule has 114 valence electrons. The normalized spacial score (nSPS) is 16.2. The van der Waals surface area contributed by atoms with Gasteiger partial charge in [-0.2, -0.15) is 0 Å². The van der Waals surface area contributed by atoms with Gasteiger partial charge in [-0.25, -0.2) is 4.79 Å². The molecule has 20 heavy (non-hydrogen) atoms. The summed E-state index contributed by atoms with van der Waals surface area (Å²) >= 11 is 0. The molecule has 1 amide bonds. The van der Waals surface area contributed by atoms with Gasteiger partial charge in [-0.15, -0.1) is 0 Å². The SMILES string of the molecule is CC.CC.COC(=O)N1CCC(Oc2ccccc2)C1. The maximum atomic E-state index is 11.3. The zero-order valence-corrected chi connectivity index (χ0v) is 13.3. The number of hydrogen-bond acceptors (Lipinski definition) is 3. The van der Waals surface area contributed by atoms with Crippen molar-refractivity contribution in [2.45, 2.75) is 40.2 Å². The third kappa shape index (κ3) is 5.95. The highest BCUT2D eigenvalue weighted by atomic mass is 16.5. The molecule has 0 bridgehead atoms. The van der Waals surface area contributed by atoms with Crippen molar-refractivity contribution in [1.29, 1.82) is 0 Å². The Morgan fingerprint density at radius 3 is 2.30 bits per heavy atom. The molecule has 0 aromatic heterocycles. The summed E-state index contributed by atoms with van der Waals surface area (Å²) in [7, 11) is 1.40. The van der Waals surface area contributed by atoms with Crippen molar-refractivity contribution in [1.82, 2.24) is 4.90 Å². The van der Waals surface area contributed by atoms with Gasteiger partial charge in [-0.1, -0.05) is 45.9 Å². The molecule has 0 aliphatic carbocycles.